The molecule has 4 rings (SSSR count). The number of nitrogens with zero attached hydrogens (tertiary/aromatic N) is 4. The van der Waals surface area contributed by atoms with Crippen LogP contribution in [0.25, 0.3) is 0 Å². The SMILES string of the molecule is CNC(=O)N1c2cc(Nc3nc(Nc4ccc(OC(C)C)cc4)ncc3F)ccc2CN1C. The minimum atomic E-state index is -0.595. The van der Waals surface area contributed by atoms with Crippen LogP contribution in [0.2, 0.25) is 0 Å². The van der Waals surface area contributed by atoms with Gasteiger partial charge in [-0.2, -0.15) is 4.98 Å². The zero-order valence-corrected chi connectivity index (χ0v) is 18.9. The number of ether oxygens (including phenoxy) is 1. The maximum absolute atomic E-state index is 14.4. The fourth-order valence-corrected chi connectivity index (χ4v) is 3.51. The van der Waals surface area contributed by atoms with Gasteiger partial charge in [0, 0.05) is 32.0 Å². The predicted molar refractivity (Wildman–Crippen MR) is 126 cm³/mol. The standard InChI is InChI=1S/C23H26FN7O2/c1-14(2)33-18-9-7-16(8-10-18)28-22-26-12-19(24)21(29-22)27-17-6-5-15-13-30(4)31(20(15)11-17)23(32)25-3/h5-12,14H,13H2,1-4H3,(H,25,32)(H2,26,27,28,29). The van der Waals surface area contributed by atoms with E-state index in [1.165, 1.54) is 5.01 Å². The Labute approximate surface area is 191 Å². The molecule has 0 atom stereocenters. The molecule has 0 unspecified atom stereocenters. The number of halogens is 1. The summed E-state index contributed by atoms with van der Waals surface area (Å²) in [5.74, 6) is 0.419. The molecule has 0 fully saturated rings. The average Bonchev–Trinajstić information content (AvgIpc) is 3.11. The molecule has 0 spiro atoms. The lowest BCUT2D eigenvalue weighted by Crippen LogP contribution is -2.44. The van der Waals surface area contributed by atoms with Crippen molar-refractivity contribution in [2.24, 2.45) is 0 Å². The number of fused-ring (bicyclic) bond motifs is 1. The summed E-state index contributed by atoms with van der Waals surface area (Å²) in [5, 5.41) is 12.0. The van der Waals surface area contributed by atoms with Crippen LogP contribution < -0.4 is 25.7 Å². The quantitative estimate of drug-likeness (QED) is 0.511. The number of amides is 2. The van der Waals surface area contributed by atoms with Crippen molar-refractivity contribution in [2.75, 3.05) is 29.7 Å². The number of urea groups is 1. The number of rotatable bonds is 6. The smallest absolute Gasteiger partial charge is 0.336 e. The lowest BCUT2D eigenvalue weighted by Gasteiger charge is -2.24. The molecule has 10 heteroatoms. The van der Waals surface area contributed by atoms with Crippen molar-refractivity contribution in [3.63, 3.8) is 0 Å². The second kappa shape index (κ2) is 9.29. The van der Waals surface area contributed by atoms with Crippen molar-refractivity contribution in [1.82, 2.24) is 20.3 Å². The van der Waals surface area contributed by atoms with Crippen molar-refractivity contribution in [3.05, 3.63) is 60.0 Å². The van der Waals surface area contributed by atoms with Crippen LogP contribution in [0.1, 0.15) is 19.4 Å². The third kappa shape index (κ3) is 4.96. The first-order valence-electron chi connectivity index (χ1n) is 10.5. The van der Waals surface area contributed by atoms with Crippen molar-refractivity contribution in [3.8, 4) is 5.75 Å². The minimum Gasteiger partial charge on any atom is -0.491 e. The fraction of sp³-hybridized carbons (Fsp3) is 0.261. The Bertz CT molecular complexity index is 1150. The van der Waals surface area contributed by atoms with Crippen LogP contribution in [-0.4, -0.2) is 41.2 Å². The molecule has 2 amide bonds. The largest absolute Gasteiger partial charge is 0.491 e. The van der Waals surface area contributed by atoms with Gasteiger partial charge in [0.1, 0.15) is 5.75 Å². The summed E-state index contributed by atoms with van der Waals surface area (Å²) in [6.45, 7) is 4.52. The first-order valence-corrected chi connectivity index (χ1v) is 10.5. The summed E-state index contributed by atoms with van der Waals surface area (Å²) in [7, 11) is 3.40. The Morgan fingerprint density at radius 1 is 1.12 bits per heavy atom. The van der Waals surface area contributed by atoms with Crippen molar-refractivity contribution in [2.45, 2.75) is 26.5 Å². The monoisotopic (exact) mass is 451 g/mol. The highest BCUT2D eigenvalue weighted by Crippen LogP contribution is 2.34. The van der Waals surface area contributed by atoms with E-state index in [9.17, 15) is 9.18 Å². The Hall–Kier alpha value is -3.92. The van der Waals surface area contributed by atoms with Crippen LogP contribution in [-0.2, 0) is 6.54 Å². The highest BCUT2D eigenvalue weighted by molar-refractivity contribution is 5.93. The van der Waals surface area contributed by atoms with E-state index in [-0.39, 0.29) is 23.9 Å². The van der Waals surface area contributed by atoms with Gasteiger partial charge < -0.3 is 20.7 Å². The van der Waals surface area contributed by atoms with Gasteiger partial charge in [-0.25, -0.2) is 24.2 Å². The molecular weight excluding hydrogens is 425 g/mol. The van der Waals surface area contributed by atoms with Gasteiger partial charge >= 0.3 is 6.03 Å². The van der Waals surface area contributed by atoms with E-state index in [2.05, 4.69) is 25.9 Å². The number of aromatic nitrogens is 2. The third-order valence-electron chi connectivity index (χ3n) is 4.95. The Morgan fingerprint density at radius 2 is 1.85 bits per heavy atom. The van der Waals surface area contributed by atoms with Crippen LogP contribution in [0.4, 0.5) is 38.0 Å². The van der Waals surface area contributed by atoms with Gasteiger partial charge in [-0.1, -0.05) is 6.07 Å². The second-order valence-electron chi connectivity index (χ2n) is 7.86. The zero-order valence-electron chi connectivity index (χ0n) is 18.9. The number of hydrogen-bond acceptors (Lipinski definition) is 7. The van der Waals surface area contributed by atoms with Crippen molar-refractivity contribution in [1.29, 1.82) is 0 Å². The Balaban J connectivity index is 1.52. The van der Waals surface area contributed by atoms with E-state index >= 15 is 0 Å². The summed E-state index contributed by atoms with van der Waals surface area (Å²) < 4.78 is 20.1. The molecule has 172 valence electrons. The summed E-state index contributed by atoms with van der Waals surface area (Å²) in [4.78, 5) is 20.6. The molecule has 3 N–H and O–H groups in total. The van der Waals surface area contributed by atoms with E-state index in [1.54, 1.807) is 18.1 Å². The normalized spacial score (nSPS) is 13.1. The van der Waals surface area contributed by atoms with Gasteiger partial charge in [-0.3, -0.25) is 0 Å². The molecule has 2 heterocycles. The number of benzene rings is 2. The summed E-state index contributed by atoms with van der Waals surface area (Å²) >= 11 is 0. The van der Waals surface area contributed by atoms with Crippen LogP contribution in [0.3, 0.4) is 0 Å². The van der Waals surface area contributed by atoms with Gasteiger partial charge in [0.05, 0.1) is 18.0 Å². The number of hydrazine groups is 1. The number of carbonyl (C=O) groups excluding carboxylic acids is 1. The average molecular weight is 452 g/mol. The zero-order chi connectivity index (χ0) is 23.5. The summed E-state index contributed by atoms with van der Waals surface area (Å²) in [6.07, 6.45) is 1.19. The Morgan fingerprint density at radius 3 is 2.55 bits per heavy atom. The molecular formula is C23H26FN7O2. The molecule has 9 nitrogen and oxygen atoms in total. The van der Waals surface area contributed by atoms with Crippen LogP contribution in [0.5, 0.6) is 5.75 Å². The number of anilines is 5. The van der Waals surface area contributed by atoms with E-state index in [0.717, 1.165) is 28.9 Å². The lowest BCUT2D eigenvalue weighted by atomic mass is 10.1. The second-order valence-corrected chi connectivity index (χ2v) is 7.86. The summed E-state index contributed by atoms with van der Waals surface area (Å²) in [5.41, 5.74) is 3.04. The maximum Gasteiger partial charge on any atom is 0.336 e. The third-order valence-corrected chi connectivity index (χ3v) is 4.95. The first-order chi connectivity index (χ1) is 15.8. The molecule has 0 saturated heterocycles. The van der Waals surface area contributed by atoms with E-state index in [1.807, 2.05) is 57.3 Å². The minimum absolute atomic E-state index is 0.0186. The maximum atomic E-state index is 14.4. The van der Waals surface area contributed by atoms with Crippen molar-refractivity contribution >= 4 is 34.9 Å². The Kier molecular flexibility index (Phi) is 6.27. The molecule has 1 aliphatic heterocycles. The van der Waals surface area contributed by atoms with Gasteiger partial charge in [-0.05, 0) is 55.8 Å². The van der Waals surface area contributed by atoms with Crippen LogP contribution in [0, 0.1) is 5.82 Å². The predicted octanol–water partition coefficient (Wildman–Crippen LogP) is 4.40. The molecule has 1 aliphatic rings. The fourth-order valence-electron chi connectivity index (χ4n) is 3.51. The van der Waals surface area contributed by atoms with E-state index in [0.29, 0.717) is 12.2 Å². The molecule has 0 bridgehead atoms. The molecule has 33 heavy (non-hydrogen) atoms. The highest BCUT2D eigenvalue weighted by atomic mass is 19.1. The number of carbonyl (C=O) groups is 1. The molecule has 0 saturated carbocycles. The summed E-state index contributed by atoms with van der Waals surface area (Å²) in [6, 6.07) is 12.6. The van der Waals surface area contributed by atoms with Crippen molar-refractivity contribution < 1.29 is 13.9 Å². The molecule has 1 aromatic heterocycles. The van der Waals surface area contributed by atoms with Crippen LogP contribution in [0.15, 0.2) is 48.7 Å². The highest BCUT2D eigenvalue weighted by Gasteiger charge is 2.29. The molecule has 0 radical (unpaired) electrons. The van der Waals surface area contributed by atoms with E-state index in [4.69, 9.17) is 4.74 Å². The lowest BCUT2D eigenvalue weighted by molar-refractivity contribution is 0.228. The molecule has 0 aliphatic carbocycles. The molecule has 2 aromatic carbocycles. The van der Waals surface area contributed by atoms with Gasteiger partial charge in [-0.15, -0.1) is 0 Å². The van der Waals surface area contributed by atoms with E-state index < -0.39 is 5.82 Å². The van der Waals surface area contributed by atoms with Gasteiger partial charge in [0.15, 0.2) is 11.6 Å². The van der Waals surface area contributed by atoms with Crippen LogP contribution >= 0.6 is 0 Å². The number of nitrogens with one attached hydrogen (secondary N) is 3. The first kappa shape index (κ1) is 22.3. The number of hydrogen-bond donors (Lipinski definition) is 3. The topological polar surface area (TPSA) is 94.7 Å². The van der Waals surface area contributed by atoms with Gasteiger partial charge in [0.2, 0.25) is 5.95 Å². The molecule has 3 aromatic rings. The van der Waals surface area contributed by atoms with Gasteiger partial charge in [0.25, 0.3) is 0 Å².